The summed E-state index contributed by atoms with van der Waals surface area (Å²) in [5.74, 6) is -1.56. The Bertz CT molecular complexity index is 614. The van der Waals surface area contributed by atoms with Crippen LogP contribution in [-0.4, -0.2) is 13.1 Å². The second-order valence-corrected chi connectivity index (χ2v) is 4.47. The first-order valence-corrected chi connectivity index (χ1v) is 6.23. The third kappa shape index (κ3) is 3.27. The van der Waals surface area contributed by atoms with Crippen molar-refractivity contribution in [3.05, 3.63) is 64.4 Å². The van der Waals surface area contributed by atoms with Gasteiger partial charge in [-0.3, -0.25) is 0 Å². The molecule has 0 spiro atoms. The summed E-state index contributed by atoms with van der Waals surface area (Å²) >= 11 is 5.74. The number of ether oxygens (including phenoxy) is 2. The Kier molecular flexibility index (Phi) is 4.58. The van der Waals surface area contributed by atoms with Gasteiger partial charge in [-0.2, -0.15) is 0 Å². The lowest BCUT2D eigenvalue weighted by molar-refractivity contribution is 0.0594. The van der Waals surface area contributed by atoms with Crippen molar-refractivity contribution in [2.75, 3.05) is 7.11 Å². The van der Waals surface area contributed by atoms with E-state index in [4.69, 9.17) is 16.3 Å². The van der Waals surface area contributed by atoms with Crippen molar-refractivity contribution in [2.45, 2.75) is 6.61 Å². The zero-order chi connectivity index (χ0) is 14.5. The minimum Gasteiger partial charge on any atom is -0.485 e. The SMILES string of the molecule is COC(=O)c1cc(Cl)cc(F)c1OCc1ccccc1. The van der Waals surface area contributed by atoms with Crippen molar-refractivity contribution in [3.63, 3.8) is 0 Å². The van der Waals surface area contributed by atoms with E-state index in [0.717, 1.165) is 11.6 Å². The highest BCUT2D eigenvalue weighted by Crippen LogP contribution is 2.28. The molecule has 0 saturated carbocycles. The van der Waals surface area contributed by atoms with Gasteiger partial charge in [-0.1, -0.05) is 41.9 Å². The Morgan fingerprint density at radius 2 is 1.95 bits per heavy atom. The summed E-state index contributed by atoms with van der Waals surface area (Å²) in [5.41, 5.74) is 0.825. The molecule has 0 heterocycles. The van der Waals surface area contributed by atoms with Crippen LogP contribution in [0.5, 0.6) is 5.75 Å². The first-order valence-electron chi connectivity index (χ1n) is 5.86. The van der Waals surface area contributed by atoms with E-state index in [2.05, 4.69) is 4.74 Å². The molecule has 0 bridgehead atoms. The Hall–Kier alpha value is -2.07. The van der Waals surface area contributed by atoms with E-state index in [9.17, 15) is 9.18 Å². The zero-order valence-electron chi connectivity index (χ0n) is 10.7. The second-order valence-electron chi connectivity index (χ2n) is 4.03. The number of carbonyl (C=O) groups is 1. The number of benzene rings is 2. The van der Waals surface area contributed by atoms with Crippen LogP contribution in [0.3, 0.4) is 0 Å². The predicted octanol–water partition coefficient (Wildman–Crippen LogP) is 3.84. The second kappa shape index (κ2) is 6.39. The number of methoxy groups -OCH3 is 1. The summed E-state index contributed by atoms with van der Waals surface area (Å²) in [4.78, 5) is 11.6. The first kappa shape index (κ1) is 14.3. The van der Waals surface area contributed by atoms with Gasteiger partial charge < -0.3 is 9.47 Å². The fourth-order valence-electron chi connectivity index (χ4n) is 1.70. The molecule has 0 aliphatic rings. The van der Waals surface area contributed by atoms with Crippen LogP contribution in [0.15, 0.2) is 42.5 Å². The zero-order valence-corrected chi connectivity index (χ0v) is 11.5. The van der Waals surface area contributed by atoms with Gasteiger partial charge in [-0.15, -0.1) is 0 Å². The lowest BCUT2D eigenvalue weighted by Crippen LogP contribution is -2.07. The lowest BCUT2D eigenvalue weighted by atomic mass is 10.2. The third-order valence-electron chi connectivity index (χ3n) is 2.64. The van der Waals surface area contributed by atoms with Crippen molar-refractivity contribution in [1.29, 1.82) is 0 Å². The minimum absolute atomic E-state index is 0.0339. The molecule has 0 saturated heterocycles. The molecule has 0 aliphatic carbocycles. The van der Waals surface area contributed by atoms with Crippen molar-refractivity contribution < 1.29 is 18.7 Å². The fraction of sp³-hybridized carbons (Fsp3) is 0.133. The molecule has 0 unspecified atom stereocenters. The number of hydrogen-bond donors (Lipinski definition) is 0. The monoisotopic (exact) mass is 294 g/mol. The van der Waals surface area contributed by atoms with Gasteiger partial charge in [0.25, 0.3) is 0 Å². The van der Waals surface area contributed by atoms with Crippen molar-refractivity contribution >= 4 is 17.6 Å². The van der Waals surface area contributed by atoms with Gasteiger partial charge in [0.2, 0.25) is 0 Å². The highest BCUT2D eigenvalue weighted by molar-refractivity contribution is 6.31. The van der Waals surface area contributed by atoms with Crippen LogP contribution >= 0.6 is 11.6 Å². The average Bonchev–Trinajstić information content (AvgIpc) is 2.46. The number of esters is 1. The van der Waals surface area contributed by atoms with Crippen molar-refractivity contribution in [2.24, 2.45) is 0 Å². The summed E-state index contributed by atoms with van der Waals surface area (Å²) in [6.07, 6.45) is 0. The molecule has 5 heteroatoms. The Labute approximate surface area is 120 Å². The highest BCUT2D eigenvalue weighted by atomic mass is 35.5. The first-order chi connectivity index (χ1) is 9.61. The number of rotatable bonds is 4. The third-order valence-corrected chi connectivity index (χ3v) is 2.86. The van der Waals surface area contributed by atoms with Crippen LogP contribution in [0, 0.1) is 5.82 Å². The van der Waals surface area contributed by atoms with E-state index in [-0.39, 0.29) is 22.9 Å². The largest absolute Gasteiger partial charge is 0.485 e. The Balaban J connectivity index is 2.28. The molecule has 0 atom stereocenters. The molecule has 2 aromatic rings. The molecule has 0 aliphatic heterocycles. The van der Waals surface area contributed by atoms with E-state index < -0.39 is 11.8 Å². The molecule has 0 fully saturated rings. The molecule has 0 amide bonds. The van der Waals surface area contributed by atoms with Gasteiger partial charge in [0.05, 0.1) is 7.11 Å². The van der Waals surface area contributed by atoms with Crippen LogP contribution in [0.1, 0.15) is 15.9 Å². The maximum Gasteiger partial charge on any atom is 0.341 e. The maximum atomic E-state index is 13.9. The summed E-state index contributed by atoms with van der Waals surface area (Å²) in [6.45, 7) is 0.142. The molecule has 0 radical (unpaired) electrons. The normalized spacial score (nSPS) is 10.2. The highest BCUT2D eigenvalue weighted by Gasteiger charge is 2.19. The Morgan fingerprint density at radius 1 is 1.25 bits per heavy atom. The van der Waals surface area contributed by atoms with Gasteiger partial charge in [-0.05, 0) is 17.7 Å². The van der Waals surface area contributed by atoms with Gasteiger partial charge in [0.1, 0.15) is 12.2 Å². The molecule has 0 aromatic heterocycles. The summed E-state index contributed by atoms with van der Waals surface area (Å²) in [6, 6.07) is 11.6. The molecule has 2 rings (SSSR count). The number of halogens is 2. The molecule has 20 heavy (non-hydrogen) atoms. The molecule has 0 N–H and O–H groups in total. The van der Waals surface area contributed by atoms with Crippen LogP contribution in [0.2, 0.25) is 5.02 Å². The minimum atomic E-state index is -0.700. The van der Waals surface area contributed by atoms with Crippen LogP contribution in [0.4, 0.5) is 4.39 Å². The summed E-state index contributed by atoms with van der Waals surface area (Å²) in [7, 11) is 1.21. The predicted molar refractivity (Wildman–Crippen MR) is 73.5 cm³/mol. The molecular weight excluding hydrogens is 283 g/mol. The van der Waals surface area contributed by atoms with Gasteiger partial charge in [0.15, 0.2) is 11.6 Å². The van der Waals surface area contributed by atoms with E-state index >= 15 is 0 Å². The smallest absolute Gasteiger partial charge is 0.341 e. The number of hydrogen-bond acceptors (Lipinski definition) is 3. The van der Waals surface area contributed by atoms with Crippen molar-refractivity contribution in [3.8, 4) is 5.75 Å². The van der Waals surface area contributed by atoms with Crippen molar-refractivity contribution in [1.82, 2.24) is 0 Å². The molecule has 3 nitrogen and oxygen atoms in total. The summed E-state index contributed by atoms with van der Waals surface area (Å²) < 4.78 is 23.9. The average molecular weight is 295 g/mol. The standard InChI is InChI=1S/C15H12ClFO3/c1-19-15(18)12-7-11(16)8-13(17)14(12)20-9-10-5-3-2-4-6-10/h2-8H,9H2,1H3. The molecule has 104 valence electrons. The van der Waals surface area contributed by atoms with Crippen LogP contribution in [0.25, 0.3) is 0 Å². The maximum absolute atomic E-state index is 13.9. The topological polar surface area (TPSA) is 35.5 Å². The van der Waals surface area contributed by atoms with E-state index in [1.54, 1.807) is 0 Å². The van der Waals surface area contributed by atoms with E-state index in [0.29, 0.717) is 0 Å². The van der Waals surface area contributed by atoms with Crippen LogP contribution < -0.4 is 4.74 Å². The van der Waals surface area contributed by atoms with Crippen LogP contribution in [-0.2, 0) is 11.3 Å². The van der Waals surface area contributed by atoms with E-state index in [1.165, 1.54) is 13.2 Å². The molecule has 2 aromatic carbocycles. The molecular formula is C15H12ClFO3. The quantitative estimate of drug-likeness (QED) is 0.804. The van der Waals surface area contributed by atoms with Gasteiger partial charge in [-0.25, -0.2) is 9.18 Å². The summed E-state index contributed by atoms with van der Waals surface area (Å²) in [5, 5.41) is 0.106. The van der Waals surface area contributed by atoms with Gasteiger partial charge in [0, 0.05) is 5.02 Å². The van der Waals surface area contributed by atoms with Gasteiger partial charge >= 0.3 is 5.97 Å². The van der Waals surface area contributed by atoms with E-state index in [1.807, 2.05) is 30.3 Å². The fourth-order valence-corrected chi connectivity index (χ4v) is 1.90. The number of carbonyl (C=O) groups excluding carboxylic acids is 1. The Morgan fingerprint density at radius 3 is 2.60 bits per heavy atom. The lowest BCUT2D eigenvalue weighted by Gasteiger charge is -2.11.